The van der Waals surface area contributed by atoms with Crippen molar-refractivity contribution in [3.63, 3.8) is 0 Å². The lowest BCUT2D eigenvalue weighted by Crippen LogP contribution is -2.42. The van der Waals surface area contributed by atoms with Gasteiger partial charge < -0.3 is 10.8 Å². The van der Waals surface area contributed by atoms with Gasteiger partial charge in [-0.25, -0.2) is 4.39 Å². The number of hydrogen-bond donors (Lipinski definition) is 2. The van der Waals surface area contributed by atoms with Crippen LogP contribution in [-0.2, 0) is 5.41 Å². The lowest BCUT2D eigenvalue weighted by molar-refractivity contribution is 0.229. The Balaban J connectivity index is 3.33. The van der Waals surface area contributed by atoms with E-state index in [-0.39, 0.29) is 17.7 Å². The Morgan fingerprint density at radius 3 is 2.47 bits per heavy atom. The number of rotatable bonds is 4. The van der Waals surface area contributed by atoms with E-state index in [1.54, 1.807) is 6.92 Å². The first-order valence-corrected chi connectivity index (χ1v) is 6.10. The number of aliphatic hydroxyl groups is 1. The van der Waals surface area contributed by atoms with Crippen molar-refractivity contribution >= 4 is 23.2 Å². The van der Waals surface area contributed by atoms with Crippen LogP contribution in [0.25, 0.3) is 0 Å². The van der Waals surface area contributed by atoms with Gasteiger partial charge in [-0.3, -0.25) is 0 Å². The van der Waals surface area contributed by atoms with E-state index in [1.807, 2.05) is 6.92 Å². The summed E-state index contributed by atoms with van der Waals surface area (Å²) in [4.78, 5) is 0. The molecule has 17 heavy (non-hydrogen) atoms. The predicted octanol–water partition coefficient (Wildman–Crippen LogP) is 3.12. The normalized spacial score (nSPS) is 16.6. The largest absolute Gasteiger partial charge is 0.396 e. The topological polar surface area (TPSA) is 46.2 Å². The Hall–Kier alpha value is -0.350. The molecule has 3 N–H and O–H groups in total. The maximum absolute atomic E-state index is 13.5. The van der Waals surface area contributed by atoms with Crippen molar-refractivity contribution in [1.29, 1.82) is 0 Å². The second-order valence-corrected chi connectivity index (χ2v) is 5.24. The summed E-state index contributed by atoms with van der Waals surface area (Å²) in [6.07, 6.45) is 0.408. The van der Waals surface area contributed by atoms with E-state index in [0.717, 1.165) is 0 Å². The summed E-state index contributed by atoms with van der Waals surface area (Å²) >= 11 is 11.7. The zero-order valence-electron chi connectivity index (χ0n) is 9.80. The van der Waals surface area contributed by atoms with Crippen molar-refractivity contribution < 1.29 is 9.50 Å². The SMILES string of the molecule is CC(N)C(C)(CCO)c1cc(F)c(Cl)cc1Cl. The fourth-order valence-electron chi connectivity index (χ4n) is 1.80. The van der Waals surface area contributed by atoms with Gasteiger partial charge in [-0.05, 0) is 31.0 Å². The van der Waals surface area contributed by atoms with Crippen LogP contribution in [0.15, 0.2) is 12.1 Å². The number of hydrogen-bond acceptors (Lipinski definition) is 2. The maximum Gasteiger partial charge on any atom is 0.142 e. The van der Waals surface area contributed by atoms with Crippen LogP contribution >= 0.6 is 23.2 Å². The van der Waals surface area contributed by atoms with E-state index in [9.17, 15) is 4.39 Å². The molecule has 0 aliphatic carbocycles. The molecule has 0 aliphatic heterocycles. The van der Waals surface area contributed by atoms with Gasteiger partial charge in [-0.2, -0.15) is 0 Å². The first kappa shape index (κ1) is 14.7. The van der Waals surface area contributed by atoms with Crippen LogP contribution in [0.1, 0.15) is 25.8 Å². The van der Waals surface area contributed by atoms with E-state index in [4.69, 9.17) is 34.0 Å². The molecule has 0 aromatic heterocycles. The van der Waals surface area contributed by atoms with Gasteiger partial charge in [0.05, 0.1) is 5.02 Å². The van der Waals surface area contributed by atoms with Crippen LogP contribution in [0.5, 0.6) is 0 Å². The molecule has 1 aromatic carbocycles. The molecule has 0 fully saturated rings. The van der Waals surface area contributed by atoms with Crippen LogP contribution in [-0.4, -0.2) is 17.8 Å². The molecule has 5 heteroatoms. The second kappa shape index (κ2) is 5.53. The lowest BCUT2D eigenvalue weighted by Gasteiger charge is -2.34. The summed E-state index contributed by atoms with van der Waals surface area (Å²) in [5, 5.41) is 9.46. The van der Waals surface area contributed by atoms with E-state index in [0.29, 0.717) is 17.0 Å². The third-order valence-corrected chi connectivity index (χ3v) is 3.86. The molecule has 0 heterocycles. The minimum absolute atomic E-state index is 0.0187. The molecular formula is C12H16Cl2FNO. The third kappa shape index (κ3) is 2.91. The molecule has 0 radical (unpaired) electrons. The Kier molecular flexibility index (Phi) is 4.78. The van der Waals surface area contributed by atoms with Crippen LogP contribution in [0.4, 0.5) is 4.39 Å². The van der Waals surface area contributed by atoms with E-state index < -0.39 is 11.2 Å². The van der Waals surface area contributed by atoms with Crippen LogP contribution < -0.4 is 5.73 Å². The standard InChI is InChI=1S/C12H16Cl2FNO/c1-7(16)12(2,3-4-17)8-5-11(15)10(14)6-9(8)13/h5-7,17H,3-4,16H2,1-2H3. The van der Waals surface area contributed by atoms with Crippen LogP contribution in [0.2, 0.25) is 10.0 Å². The number of benzene rings is 1. The molecule has 0 bridgehead atoms. The van der Waals surface area contributed by atoms with Gasteiger partial charge in [0, 0.05) is 23.1 Å². The quantitative estimate of drug-likeness (QED) is 0.832. The Morgan fingerprint density at radius 2 is 2.00 bits per heavy atom. The van der Waals surface area contributed by atoms with Crippen molar-refractivity contribution in [2.45, 2.75) is 31.7 Å². The van der Waals surface area contributed by atoms with E-state index in [2.05, 4.69) is 0 Å². The number of aliphatic hydroxyl groups excluding tert-OH is 1. The predicted molar refractivity (Wildman–Crippen MR) is 69.1 cm³/mol. The van der Waals surface area contributed by atoms with Crippen molar-refractivity contribution in [2.75, 3.05) is 6.61 Å². The minimum atomic E-state index is -0.586. The van der Waals surface area contributed by atoms with Crippen LogP contribution in [0, 0.1) is 5.82 Å². The van der Waals surface area contributed by atoms with Gasteiger partial charge in [0.15, 0.2) is 0 Å². The first-order chi connectivity index (χ1) is 7.82. The summed E-state index contributed by atoms with van der Waals surface area (Å²) in [5.41, 5.74) is 5.91. The number of halogens is 3. The second-order valence-electron chi connectivity index (χ2n) is 4.43. The van der Waals surface area contributed by atoms with Gasteiger partial charge in [-0.1, -0.05) is 30.1 Å². The fraction of sp³-hybridized carbons (Fsp3) is 0.500. The highest BCUT2D eigenvalue weighted by molar-refractivity contribution is 6.35. The molecule has 2 nitrogen and oxygen atoms in total. The monoisotopic (exact) mass is 279 g/mol. The van der Waals surface area contributed by atoms with Gasteiger partial charge in [0.25, 0.3) is 0 Å². The minimum Gasteiger partial charge on any atom is -0.396 e. The molecule has 0 amide bonds. The smallest absolute Gasteiger partial charge is 0.142 e. The van der Waals surface area contributed by atoms with Crippen molar-refractivity contribution in [1.82, 2.24) is 0 Å². The van der Waals surface area contributed by atoms with Crippen molar-refractivity contribution in [3.05, 3.63) is 33.6 Å². The molecular weight excluding hydrogens is 264 g/mol. The Morgan fingerprint density at radius 1 is 1.41 bits per heavy atom. The highest BCUT2D eigenvalue weighted by atomic mass is 35.5. The van der Waals surface area contributed by atoms with Crippen LogP contribution in [0.3, 0.4) is 0 Å². The molecule has 96 valence electrons. The third-order valence-electron chi connectivity index (χ3n) is 3.26. The summed E-state index contributed by atoms with van der Waals surface area (Å²) in [6, 6.07) is 2.39. The van der Waals surface area contributed by atoms with Gasteiger partial charge in [0.1, 0.15) is 5.82 Å². The molecule has 1 rings (SSSR count). The van der Waals surface area contributed by atoms with Crippen molar-refractivity contribution in [2.24, 2.45) is 5.73 Å². The summed E-state index contributed by atoms with van der Waals surface area (Å²) in [6.45, 7) is 3.61. The molecule has 0 aliphatic rings. The molecule has 0 saturated carbocycles. The lowest BCUT2D eigenvalue weighted by atomic mass is 9.74. The van der Waals surface area contributed by atoms with E-state index >= 15 is 0 Å². The zero-order chi connectivity index (χ0) is 13.2. The van der Waals surface area contributed by atoms with Crippen molar-refractivity contribution in [3.8, 4) is 0 Å². The van der Waals surface area contributed by atoms with E-state index in [1.165, 1.54) is 12.1 Å². The molecule has 0 spiro atoms. The van der Waals surface area contributed by atoms with Gasteiger partial charge >= 0.3 is 0 Å². The number of nitrogens with two attached hydrogens (primary N) is 1. The molecule has 1 aromatic rings. The zero-order valence-corrected chi connectivity index (χ0v) is 11.3. The fourth-order valence-corrected chi connectivity index (χ4v) is 2.40. The van der Waals surface area contributed by atoms with Gasteiger partial charge in [0.2, 0.25) is 0 Å². The van der Waals surface area contributed by atoms with Gasteiger partial charge in [-0.15, -0.1) is 0 Å². The molecule has 0 saturated heterocycles. The average Bonchev–Trinajstić information content (AvgIpc) is 2.23. The highest BCUT2D eigenvalue weighted by Crippen LogP contribution is 2.37. The summed E-state index contributed by atoms with van der Waals surface area (Å²) in [5.74, 6) is -0.532. The Labute approximate surface area is 111 Å². The molecule has 2 atom stereocenters. The summed E-state index contributed by atoms with van der Waals surface area (Å²) in [7, 11) is 0. The molecule has 2 unspecified atom stereocenters. The average molecular weight is 280 g/mol. The first-order valence-electron chi connectivity index (χ1n) is 5.34. The highest BCUT2D eigenvalue weighted by Gasteiger charge is 2.33. The maximum atomic E-state index is 13.5. The summed E-state index contributed by atoms with van der Waals surface area (Å²) < 4.78 is 13.5. The Bertz CT molecular complexity index is 412.